The van der Waals surface area contributed by atoms with Crippen molar-refractivity contribution in [2.45, 2.75) is 24.8 Å². The Hall–Kier alpha value is -1.44. The summed E-state index contributed by atoms with van der Waals surface area (Å²) in [6, 6.07) is 1.87. The van der Waals surface area contributed by atoms with E-state index < -0.39 is 0 Å². The Morgan fingerprint density at radius 2 is 2.17 bits per heavy atom. The maximum atomic E-state index is 12.7. The predicted octanol–water partition coefficient (Wildman–Crippen LogP) is 0.879. The van der Waals surface area contributed by atoms with Crippen molar-refractivity contribution < 1.29 is 14.7 Å². The summed E-state index contributed by atoms with van der Waals surface area (Å²) in [6.07, 6.45) is 2.07. The number of carbonyl (C=O) groups is 2. The predicted molar refractivity (Wildman–Crippen MR) is 93.1 cm³/mol. The minimum atomic E-state index is -0.149. The summed E-state index contributed by atoms with van der Waals surface area (Å²) < 4.78 is 0. The third-order valence-electron chi connectivity index (χ3n) is 5.43. The highest BCUT2D eigenvalue weighted by Gasteiger charge is 2.43. The fraction of sp³-hybridized carbons (Fsp3) is 0.647. The second-order valence-electron chi connectivity index (χ2n) is 6.74. The average molecular weight is 351 g/mol. The molecule has 1 spiro atoms. The van der Waals surface area contributed by atoms with Gasteiger partial charge in [0.05, 0.1) is 12.2 Å². The smallest absolute Gasteiger partial charge is 0.254 e. The third-order valence-corrected chi connectivity index (χ3v) is 6.11. The monoisotopic (exact) mass is 351 g/mol. The molecule has 2 saturated heterocycles. The Morgan fingerprint density at radius 3 is 2.88 bits per heavy atom. The number of hydrogen-bond donors (Lipinski definition) is 1. The van der Waals surface area contributed by atoms with Crippen molar-refractivity contribution in [2.24, 2.45) is 0 Å². The molecule has 2 aliphatic heterocycles. The van der Waals surface area contributed by atoms with E-state index >= 15 is 0 Å². The first kappa shape index (κ1) is 17.4. The highest BCUT2D eigenvalue weighted by Crippen LogP contribution is 2.32. The minimum absolute atomic E-state index is 0.00263. The first-order valence-corrected chi connectivity index (χ1v) is 9.41. The number of nitrogens with zero attached hydrogens (tertiary/aromatic N) is 3. The second kappa shape index (κ2) is 7.21. The number of piperazine rings is 1. The van der Waals surface area contributed by atoms with Crippen molar-refractivity contribution >= 4 is 23.2 Å². The molecule has 7 heteroatoms. The number of aliphatic hydroxyl groups is 1. The van der Waals surface area contributed by atoms with Crippen LogP contribution in [0.2, 0.25) is 0 Å². The van der Waals surface area contributed by atoms with Crippen molar-refractivity contribution in [1.82, 2.24) is 14.7 Å². The topological polar surface area (TPSA) is 64.1 Å². The number of rotatable bonds is 3. The Morgan fingerprint density at radius 1 is 1.33 bits per heavy atom. The lowest BCUT2D eigenvalue weighted by Crippen LogP contribution is -2.62. The van der Waals surface area contributed by atoms with E-state index in [0.29, 0.717) is 26.1 Å². The van der Waals surface area contributed by atoms with Gasteiger partial charge in [-0.1, -0.05) is 0 Å². The number of likely N-dealkylation sites (N-methyl/N-ethyl adjacent to an activating group) is 1. The van der Waals surface area contributed by atoms with Crippen LogP contribution in [-0.2, 0) is 4.79 Å². The fourth-order valence-electron chi connectivity index (χ4n) is 3.79. The van der Waals surface area contributed by atoms with Gasteiger partial charge in [0, 0.05) is 50.1 Å². The van der Waals surface area contributed by atoms with E-state index in [1.807, 2.05) is 21.7 Å². The number of aliphatic hydroxyl groups excluding tert-OH is 1. The maximum Gasteiger partial charge on any atom is 0.254 e. The highest BCUT2D eigenvalue weighted by atomic mass is 32.1. The molecule has 0 aliphatic carbocycles. The maximum absolute atomic E-state index is 12.7. The van der Waals surface area contributed by atoms with Crippen molar-refractivity contribution in [3.8, 4) is 0 Å². The Bertz CT molecular complexity index is 592. The lowest BCUT2D eigenvalue weighted by atomic mass is 9.86. The molecule has 1 N–H and O–H groups in total. The lowest BCUT2D eigenvalue weighted by molar-refractivity contribution is -0.131. The number of hydrogen-bond acceptors (Lipinski definition) is 5. The van der Waals surface area contributed by atoms with E-state index in [2.05, 4.69) is 11.9 Å². The van der Waals surface area contributed by atoms with E-state index in [9.17, 15) is 9.59 Å². The van der Waals surface area contributed by atoms with Gasteiger partial charge >= 0.3 is 0 Å². The first-order chi connectivity index (χ1) is 11.6. The van der Waals surface area contributed by atoms with Crippen LogP contribution in [0.1, 0.15) is 29.6 Å². The fourth-order valence-corrected chi connectivity index (χ4v) is 4.42. The van der Waals surface area contributed by atoms with Crippen LogP contribution in [-0.4, -0.2) is 83.5 Å². The van der Waals surface area contributed by atoms with Gasteiger partial charge in [0.2, 0.25) is 5.91 Å². The molecule has 1 aromatic heterocycles. The minimum Gasteiger partial charge on any atom is -0.395 e. The molecule has 0 unspecified atom stereocenters. The molecule has 6 nitrogen and oxygen atoms in total. The van der Waals surface area contributed by atoms with Crippen LogP contribution in [0.5, 0.6) is 0 Å². The van der Waals surface area contributed by atoms with Crippen LogP contribution in [0.25, 0.3) is 0 Å². The molecule has 1 aromatic rings. The van der Waals surface area contributed by atoms with Crippen LogP contribution < -0.4 is 0 Å². The molecule has 2 amide bonds. The molecule has 132 valence electrons. The van der Waals surface area contributed by atoms with Gasteiger partial charge in [-0.25, -0.2) is 0 Å². The number of likely N-dealkylation sites (tertiary alicyclic amines) is 1. The molecule has 24 heavy (non-hydrogen) atoms. The molecule has 3 heterocycles. The van der Waals surface area contributed by atoms with Crippen molar-refractivity contribution in [3.05, 3.63) is 22.4 Å². The molecule has 3 rings (SSSR count). The molecule has 1 atom stereocenters. The molecule has 2 aliphatic rings. The van der Waals surface area contributed by atoms with Crippen molar-refractivity contribution in [1.29, 1.82) is 0 Å². The van der Waals surface area contributed by atoms with Crippen LogP contribution >= 0.6 is 11.3 Å². The largest absolute Gasteiger partial charge is 0.395 e. The molecule has 0 saturated carbocycles. The SMILES string of the molecule is CN1CCN(C(=O)c2ccsc2)C[C@@]12CCC(=O)N(CCO)CC2. The molecule has 0 aromatic carbocycles. The van der Waals surface area contributed by atoms with Gasteiger partial charge in [-0.05, 0) is 31.3 Å². The zero-order valence-electron chi connectivity index (χ0n) is 14.1. The Labute approximate surface area is 146 Å². The van der Waals surface area contributed by atoms with Gasteiger partial charge in [0.1, 0.15) is 0 Å². The van der Waals surface area contributed by atoms with Gasteiger partial charge in [0.15, 0.2) is 0 Å². The molecule has 0 bridgehead atoms. The van der Waals surface area contributed by atoms with E-state index in [1.165, 1.54) is 11.3 Å². The van der Waals surface area contributed by atoms with Crippen LogP contribution in [0.15, 0.2) is 16.8 Å². The van der Waals surface area contributed by atoms with Gasteiger partial charge in [-0.3, -0.25) is 14.5 Å². The molecule has 0 radical (unpaired) electrons. The zero-order chi connectivity index (χ0) is 17.2. The summed E-state index contributed by atoms with van der Waals surface area (Å²) in [5.41, 5.74) is 0.607. The van der Waals surface area contributed by atoms with Gasteiger partial charge in [0.25, 0.3) is 5.91 Å². The third kappa shape index (κ3) is 3.34. The summed E-state index contributed by atoms with van der Waals surface area (Å²) in [4.78, 5) is 31.0. The van der Waals surface area contributed by atoms with Gasteiger partial charge in [-0.2, -0.15) is 11.3 Å². The number of amides is 2. The zero-order valence-corrected chi connectivity index (χ0v) is 14.9. The Kier molecular flexibility index (Phi) is 5.22. The van der Waals surface area contributed by atoms with E-state index in [1.54, 1.807) is 4.90 Å². The average Bonchev–Trinajstić information content (AvgIpc) is 3.07. The number of thiophene rings is 1. The summed E-state index contributed by atoms with van der Waals surface area (Å²) >= 11 is 1.54. The van der Waals surface area contributed by atoms with E-state index in [0.717, 1.165) is 31.5 Å². The van der Waals surface area contributed by atoms with Gasteiger partial charge in [-0.15, -0.1) is 0 Å². The number of carbonyl (C=O) groups excluding carboxylic acids is 2. The number of β-amino-alcohol motifs (C(OH)–C–C–N with tert-alkyl or cyclic N) is 1. The normalized spacial score (nSPS) is 26.0. The highest BCUT2D eigenvalue weighted by molar-refractivity contribution is 7.08. The van der Waals surface area contributed by atoms with Gasteiger partial charge < -0.3 is 14.9 Å². The summed E-state index contributed by atoms with van der Waals surface area (Å²) in [5.74, 6) is 0.196. The first-order valence-electron chi connectivity index (χ1n) is 8.47. The van der Waals surface area contributed by atoms with Crippen LogP contribution in [0.4, 0.5) is 0 Å². The second-order valence-corrected chi connectivity index (χ2v) is 7.52. The van der Waals surface area contributed by atoms with E-state index in [-0.39, 0.29) is 24.0 Å². The molecular weight excluding hydrogens is 326 g/mol. The Balaban J connectivity index is 1.75. The molecular formula is C17H25N3O3S. The molecule has 2 fully saturated rings. The quantitative estimate of drug-likeness (QED) is 0.878. The summed E-state index contributed by atoms with van der Waals surface area (Å²) in [7, 11) is 2.10. The summed E-state index contributed by atoms with van der Waals surface area (Å²) in [6.45, 7) is 3.25. The van der Waals surface area contributed by atoms with Crippen LogP contribution in [0.3, 0.4) is 0 Å². The van der Waals surface area contributed by atoms with E-state index in [4.69, 9.17) is 5.11 Å². The van der Waals surface area contributed by atoms with Crippen molar-refractivity contribution in [2.75, 3.05) is 46.4 Å². The standard InChI is InChI=1S/C17H25N3O3S/c1-18-7-8-20(16(23)14-3-11-24-12-14)13-17(18)4-2-15(22)19(6-5-17)9-10-21/h3,11-12,21H,2,4-10,13H2,1H3/t17-/m0/s1. The lowest BCUT2D eigenvalue weighted by Gasteiger charge is -2.49. The summed E-state index contributed by atoms with van der Waals surface area (Å²) in [5, 5.41) is 13.0. The van der Waals surface area contributed by atoms with Crippen molar-refractivity contribution in [3.63, 3.8) is 0 Å². The van der Waals surface area contributed by atoms with Crippen LogP contribution in [0, 0.1) is 0 Å².